The Balaban J connectivity index is 2.24. The quantitative estimate of drug-likeness (QED) is 0.699. The van der Waals surface area contributed by atoms with E-state index in [0.29, 0.717) is 10.0 Å². The monoisotopic (exact) mass is 386 g/mol. The van der Waals surface area contributed by atoms with Gasteiger partial charge in [0.15, 0.2) is 5.82 Å². The second-order valence-electron chi connectivity index (χ2n) is 4.41. The fraction of sp³-hybridized carbons (Fsp3) is 0.0909. The van der Waals surface area contributed by atoms with Crippen LogP contribution in [0.4, 0.5) is 10.3 Å². The van der Waals surface area contributed by atoms with Crippen molar-refractivity contribution in [2.24, 2.45) is 0 Å². The van der Waals surface area contributed by atoms with Crippen molar-refractivity contribution in [3.05, 3.63) is 28.5 Å². The molecular formula is C11H8BrFN6O2S. The van der Waals surface area contributed by atoms with E-state index in [4.69, 9.17) is 5.73 Å². The normalized spacial score (nSPS) is 12.0. The van der Waals surface area contributed by atoms with Crippen LogP contribution in [0.15, 0.2) is 27.8 Å². The number of anilines is 1. The van der Waals surface area contributed by atoms with Gasteiger partial charge in [-0.15, -0.1) is 5.10 Å². The van der Waals surface area contributed by atoms with Gasteiger partial charge in [0.25, 0.3) is 10.9 Å². The summed E-state index contributed by atoms with van der Waals surface area (Å²) < 4.78 is 37.7. The summed E-state index contributed by atoms with van der Waals surface area (Å²) >= 11 is 3.21. The van der Waals surface area contributed by atoms with Crippen molar-refractivity contribution in [3.63, 3.8) is 0 Å². The molecule has 1 aromatic carbocycles. The zero-order valence-electron chi connectivity index (χ0n) is 11.0. The van der Waals surface area contributed by atoms with Crippen molar-refractivity contribution >= 4 is 37.5 Å². The van der Waals surface area contributed by atoms with Crippen molar-refractivity contribution in [3.8, 4) is 11.4 Å². The number of nitrogens with zero attached hydrogens (tertiary/aromatic N) is 5. The number of benzene rings is 1. The maximum Gasteiger partial charge on any atom is 0.258 e. The molecule has 11 heteroatoms. The molecule has 0 radical (unpaired) electrons. The Morgan fingerprint density at radius 2 is 2.00 bits per heavy atom. The number of hydrogen-bond acceptors (Lipinski definition) is 7. The molecule has 0 bridgehead atoms. The Kier molecular flexibility index (Phi) is 3.33. The van der Waals surface area contributed by atoms with Crippen LogP contribution < -0.4 is 5.73 Å². The Hall–Kier alpha value is -2.14. The molecule has 0 aliphatic rings. The molecule has 0 spiro atoms. The zero-order chi connectivity index (χ0) is 16.1. The van der Waals surface area contributed by atoms with E-state index in [1.165, 1.54) is 18.2 Å². The van der Waals surface area contributed by atoms with Gasteiger partial charge in [-0.1, -0.05) is 0 Å². The first kappa shape index (κ1) is 14.8. The Bertz CT molecular complexity index is 1000. The molecule has 2 N–H and O–H groups in total. The molecule has 0 aliphatic carbocycles. The lowest BCUT2D eigenvalue weighted by Crippen LogP contribution is -2.11. The maximum atomic E-state index is 13.1. The minimum absolute atomic E-state index is 0.0147. The number of hydrogen-bond donors (Lipinski definition) is 1. The smallest absolute Gasteiger partial charge is 0.258 e. The molecule has 3 rings (SSSR count). The summed E-state index contributed by atoms with van der Waals surface area (Å²) in [6.07, 6.45) is 0.964. The highest BCUT2D eigenvalue weighted by molar-refractivity contribution is 9.10. The number of halogens is 2. The fourth-order valence-electron chi connectivity index (χ4n) is 1.74. The summed E-state index contributed by atoms with van der Waals surface area (Å²) in [6.45, 7) is 0. The molecule has 0 unspecified atom stereocenters. The molecule has 0 aliphatic heterocycles. The van der Waals surface area contributed by atoms with E-state index < -0.39 is 20.8 Å². The Labute approximate surface area is 132 Å². The van der Waals surface area contributed by atoms with Crippen LogP contribution in [0.2, 0.25) is 0 Å². The molecule has 22 heavy (non-hydrogen) atoms. The second kappa shape index (κ2) is 4.95. The predicted octanol–water partition coefficient (Wildman–Crippen LogP) is 1.07. The molecule has 3 aromatic rings. The summed E-state index contributed by atoms with van der Waals surface area (Å²) in [6, 6.07) is 4.00. The van der Waals surface area contributed by atoms with Crippen LogP contribution >= 0.6 is 15.9 Å². The molecule has 0 atom stereocenters. The van der Waals surface area contributed by atoms with E-state index >= 15 is 0 Å². The zero-order valence-corrected chi connectivity index (χ0v) is 13.4. The first-order chi connectivity index (χ1) is 10.3. The van der Waals surface area contributed by atoms with E-state index in [0.717, 1.165) is 10.8 Å². The van der Waals surface area contributed by atoms with Crippen LogP contribution in [0, 0.1) is 5.82 Å². The van der Waals surface area contributed by atoms with Crippen LogP contribution in [0.3, 0.4) is 0 Å². The largest absolute Gasteiger partial charge is 0.368 e. The van der Waals surface area contributed by atoms with Gasteiger partial charge in [0.1, 0.15) is 5.82 Å². The molecule has 0 fully saturated rings. The highest BCUT2D eigenvalue weighted by atomic mass is 79.9. The standard InChI is InChI=1S/C11H8BrFN6O2S/c1-22(20,21)11-16-9(14)19-10(17-11)15-8(18-19)6-3-2-5(13)4-7(6)12/h2-4H,1H3,(H2,14,15,16,17,18). The number of nitrogen functional groups attached to an aromatic ring is 1. The summed E-state index contributed by atoms with van der Waals surface area (Å²) in [5.41, 5.74) is 6.19. The van der Waals surface area contributed by atoms with Crippen molar-refractivity contribution < 1.29 is 12.8 Å². The number of fused-ring (bicyclic) bond motifs is 1. The average Bonchev–Trinajstić information content (AvgIpc) is 2.81. The molecular weight excluding hydrogens is 379 g/mol. The van der Waals surface area contributed by atoms with Crippen LogP contribution in [0.5, 0.6) is 0 Å². The van der Waals surface area contributed by atoms with Crippen LogP contribution in [-0.4, -0.2) is 39.2 Å². The van der Waals surface area contributed by atoms with E-state index in [1.54, 1.807) is 0 Å². The van der Waals surface area contributed by atoms with Gasteiger partial charge in [0.2, 0.25) is 15.8 Å². The SMILES string of the molecule is CS(=O)(=O)c1nc(N)n2nc(-c3ccc(F)cc3Br)nc2n1. The topological polar surface area (TPSA) is 116 Å². The van der Waals surface area contributed by atoms with Gasteiger partial charge >= 0.3 is 0 Å². The highest BCUT2D eigenvalue weighted by Crippen LogP contribution is 2.27. The summed E-state index contributed by atoms with van der Waals surface area (Å²) in [7, 11) is -3.63. The Morgan fingerprint density at radius 1 is 1.27 bits per heavy atom. The van der Waals surface area contributed by atoms with Crippen molar-refractivity contribution in [1.82, 2.24) is 24.6 Å². The van der Waals surface area contributed by atoms with E-state index in [1.807, 2.05) is 0 Å². The number of aromatic nitrogens is 5. The third-order valence-corrected chi connectivity index (χ3v) is 4.22. The summed E-state index contributed by atoms with van der Waals surface area (Å²) in [4.78, 5) is 11.6. The van der Waals surface area contributed by atoms with Crippen molar-refractivity contribution in [2.45, 2.75) is 5.16 Å². The van der Waals surface area contributed by atoms with Gasteiger partial charge in [0, 0.05) is 16.3 Å². The predicted molar refractivity (Wildman–Crippen MR) is 79.2 cm³/mol. The van der Waals surface area contributed by atoms with Crippen molar-refractivity contribution in [1.29, 1.82) is 0 Å². The van der Waals surface area contributed by atoms with Gasteiger partial charge < -0.3 is 5.73 Å². The van der Waals surface area contributed by atoms with E-state index in [9.17, 15) is 12.8 Å². The highest BCUT2D eigenvalue weighted by Gasteiger charge is 2.18. The molecule has 114 valence electrons. The molecule has 2 aromatic heterocycles. The van der Waals surface area contributed by atoms with Gasteiger partial charge in [-0.05, 0) is 34.1 Å². The van der Waals surface area contributed by atoms with Gasteiger partial charge in [0.05, 0.1) is 0 Å². The minimum Gasteiger partial charge on any atom is -0.368 e. The first-order valence-electron chi connectivity index (χ1n) is 5.81. The lowest BCUT2D eigenvalue weighted by Gasteiger charge is -1.99. The van der Waals surface area contributed by atoms with Gasteiger partial charge in [-0.3, -0.25) is 0 Å². The fourth-order valence-corrected chi connectivity index (χ4v) is 2.77. The number of sulfone groups is 1. The van der Waals surface area contributed by atoms with E-state index in [2.05, 4.69) is 36.0 Å². The van der Waals surface area contributed by atoms with Gasteiger partial charge in [-0.2, -0.15) is 19.5 Å². The third-order valence-electron chi connectivity index (χ3n) is 2.72. The molecule has 0 amide bonds. The van der Waals surface area contributed by atoms with Crippen LogP contribution in [0.1, 0.15) is 0 Å². The minimum atomic E-state index is -3.63. The summed E-state index contributed by atoms with van der Waals surface area (Å²) in [5, 5.41) is 3.67. The average molecular weight is 387 g/mol. The lowest BCUT2D eigenvalue weighted by molar-refractivity contribution is 0.592. The Morgan fingerprint density at radius 3 is 2.64 bits per heavy atom. The van der Waals surface area contributed by atoms with Gasteiger partial charge in [-0.25, -0.2) is 12.8 Å². The van der Waals surface area contributed by atoms with E-state index in [-0.39, 0.29) is 17.6 Å². The molecule has 8 nitrogen and oxygen atoms in total. The second-order valence-corrected chi connectivity index (χ2v) is 7.17. The number of nitrogens with two attached hydrogens (primary N) is 1. The molecule has 0 saturated heterocycles. The summed E-state index contributed by atoms with van der Waals surface area (Å²) in [5.74, 6) is -0.391. The lowest BCUT2D eigenvalue weighted by atomic mass is 10.2. The number of rotatable bonds is 2. The van der Waals surface area contributed by atoms with Crippen LogP contribution in [-0.2, 0) is 9.84 Å². The first-order valence-corrected chi connectivity index (χ1v) is 8.50. The van der Waals surface area contributed by atoms with Crippen molar-refractivity contribution in [2.75, 3.05) is 12.0 Å². The molecule has 0 saturated carbocycles. The molecule has 2 heterocycles. The third kappa shape index (κ3) is 2.52. The maximum absolute atomic E-state index is 13.1. The van der Waals surface area contributed by atoms with Crippen LogP contribution in [0.25, 0.3) is 17.2 Å².